The number of benzene rings is 5. The molecule has 3 aromatic heterocycles. The van der Waals surface area contributed by atoms with Crippen LogP contribution in [-0.2, 0) is 0 Å². The monoisotopic (exact) mass is 511 g/mol. The van der Waals surface area contributed by atoms with Gasteiger partial charge in [0.15, 0.2) is 0 Å². The lowest BCUT2D eigenvalue weighted by atomic mass is 9.96. The second kappa shape index (κ2) is 8.69. The number of furan rings is 1. The van der Waals surface area contributed by atoms with Crippen LogP contribution in [0.1, 0.15) is 5.56 Å². The summed E-state index contributed by atoms with van der Waals surface area (Å²) in [4.78, 5) is 4.57. The predicted octanol–water partition coefficient (Wildman–Crippen LogP) is 9.28. The molecule has 0 aliphatic carbocycles. The zero-order chi connectivity index (χ0) is 26.6. The molecule has 0 atom stereocenters. The van der Waals surface area contributed by atoms with E-state index in [1.807, 2.05) is 36.4 Å². The Morgan fingerprint density at radius 1 is 0.650 bits per heavy atom. The standard InChI is InChI=1S/C36H21N3O/c37-21-23-16-18-31(38-22-23)27-11-2-1-10-26(27)24-8-7-9-25(20-24)39-32-14-5-3-13-30(32)35-33(39)19-17-29-28-12-4-6-15-34(28)40-36(29)35/h1-20,22H. The van der Waals surface area contributed by atoms with Gasteiger partial charge in [0.25, 0.3) is 0 Å². The molecule has 0 unspecified atom stereocenters. The molecular weight excluding hydrogens is 490 g/mol. The number of hydrogen-bond acceptors (Lipinski definition) is 3. The summed E-state index contributed by atoms with van der Waals surface area (Å²) in [6.45, 7) is 0. The fourth-order valence-corrected chi connectivity index (χ4v) is 5.90. The summed E-state index contributed by atoms with van der Waals surface area (Å²) in [6.07, 6.45) is 1.62. The van der Waals surface area contributed by atoms with Gasteiger partial charge in [0.2, 0.25) is 0 Å². The molecular formula is C36H21N3O. The molecule has 8 aromatic rings. The van der Waals surface area contributed by atoms with Crippen LogP contribution >= 0.6 is 0 Å². The maximum atomic E-state index is 9.20. The second-order valence-electron chi connectivity index (χ2n) is 9.93. The molecule has 0 aliphatic rings. The van der Waals surface area contributed by atoms with Crippen LogP contribution in [0.3, 0.4) is 0 Å². The molecule has 0 spiro atoms. The van der Waals surface area contributed by atoms with Gasteiger partial charge in [0.05, 0.1) is 27.7 Å². The van der Waals surface area contributed by atoms with Crippen LogP contribution in [-0.4, -0.2) is 9.55 Å². The minimum absolute atomic E-state index is 0.549. The van der Waals surface area contributed by atoms with Gasteiger partial charge in [-0.05, 0) is 59.7 Å². The van der Waals surface area contributed by atoms with Crippen LogP contribution in [0, 0.1) is 11.3 Å². The molecule has 0 N–H and O–H groups in total. The van der Waals surface area contributed by atoms with Gasteiger partial charge < -0.3 is 8.98 Å². The fourth-order valence-electron chi connectivity index (χ4n) is 5.90. The Kier molecular flexibility index (Phi) is 4.85. The van der Waals surface area contributed by atoms with E-state index in [0.717, 1.165) is 71.8 Å². The Morgan fingerprint density at radius 3 is 2.30 bits per heavy atom. The minimum atomic E-state index is 0.549. The number of hydrogen-bond donors (Lipinski definition) is 0. The number of aromatic nitrogens is 2. The van der Waals surface area contributed by atoms with Gasteiger partial charge >= 0.3 is 0 Å². The SMILES string of the molecule is N#Cc1ccc(-c2ccccc2-c2cccc(-n3c4ccccc4c4c5oc6ccccc6c5ccc43)c2)nc1. The molecule has 0 aliphatic heterocycles. The van der Waals surface area contributed by atoms with Crippen molar-refractivity contribution in [3.05, 3.63) is 133 Å². The maximum Gasteiger partial charge on any atom is 0.145 e. The van der Waals surface area contributed by atoms with Crippen LogP contribution in [0.25, 0.3) is 71.8 Å². The zero-order valence-electron chi connectivity index (χ0n) is 21.4. The number of pyridine rings is 1. The molecule has 186 valence electrons. The van der Waals surface area contributed by atoms with Crippen molar-refractivity contribution in [2.24, 2.45) is 0 Å². The van der Waals surface area contributed by atoms with Crippen LogP contribution in [0.2, 0.25) is 0 Å². The van der Waals surface area contributed by atoms with Gasteiger partial charge in [-0.1, -0.05) is 72.8 Å². The minimum Gasteiger partial charge on any atom is -0.455 e. The van der Waals surface area contributed by atoms with Crippen molar-refractivity contribution in [2.45, 2.75) is 0 Å². The van der Waals surface area contributed by atoms with Crippen molar-refractivity contribution in [1.82, 2.24) is 9.55 Å². The second-order valence-corrected chi connectivity index (χ2v) is 9.93. The number of nitrogens with zero attached hydrogens (tertiary/aromatic N) is 3. The highest BCUT2D eigenvalue weighted by Crippen LogP contribution is 2.41. The average molecular weight is 512 g/mol. The predicted molar refractivity (Wildman–Crippen MR) is 161 cm³/mol. The average Bonchev–Trinajstić information content (AvgIpc) is 3.57. The van der Waals surface area contributed by atoms with E-state index >= 15 is 0 Å². The Hall–Kier alpha value is -5.66. The Bertz CT molecular complexity index is 2280. The number of fused-ring (bicyclic) bond motifs is 7. The first kappa shape index (κ1) is 22.3. The lowest BCUT2D eigenvalue weighted by Gasteiger charge is -2.13. The van der Waals surface area contributed by atoms with Crippen molar-refractivity contribution in [1.29, 1.82) is 5.26 Å². The normalized spacial score (nSPS) is 11.5. The molecule has 0 amide bonds. The van der Waals surface area contributed by atoms with Crippen LogP contribution in [0.5, 0.6) is 0 Å². The molecule has 0 radical (unpaired) electrons. The van der Waals surface area contributed by atoms with Gasteiger partial charge in [-0.15, -0.1) is 0 Å². The highest BCUT2D eigenvalue weighted by Gasteiger charge is 2.19. The first-order chi connectivity index (χ1) is 19.8. The van der Waals surface area contributed by atoms with E-state index in [9.17, 15) is 5.26 Å². The molecule has 8 rings (SSSR count). The maximum absolute atomic E-state index is 9.20. The molecule has 0 bridgehead atoms. The van der Waals surface area contributed by atoms with E-state index in [2.05, 4.69) is 101 Å². The van der Waals surface area contributed by atoms with Crippen LogP contribution < -0.4 is 0 Å². The molecule has 3 heterocycles. The molecule has 0 fully saturated rings. The Labute approximate surface area is 230 Å². The summed E-state index contributed by atoms with van der Waals surface area (Å²) in [5.41, 5.74) is 9.71. The van der Waals surface area contributed by atoms with E-state index in [0.29, 0.717) is 5.56 Å². The summed E-state index contributed by atoms with van der Waals surface area (Å²) < 4.78 is 8.78. The topological polar surface area (TPSA) is 54.8 Å². The highest BCUT2D eigenvalue weighted by atomic mass is 16.3. The molecule has 0 saturated carbocycles. The fraction of sp³-hybridized carbons (Fsp3) is 0. The summed E-state index contributed by atoms with van der Waals surface area (Å²) in [5, 5.41) is 13.7. The Balaban J connectivity index is 1.36. The first-order valence-corrected chi connectivity index (χ1v) is 13.2. The number of para-hydroxylation sites is 2. The van der Waals surface area contributed by atoms with Gasteiger partial charge in [0.1, 0.15) is 17.2 Å². The smallest absolute Gasteiger partial charge is 0.145 e. The van der Waals surface area contributed by atoms with Crippen LogP contribution in [0.15, 0.2) is 132 Å². The lowest BCUT2D eigenvalue weighted by Crippen LogP contribution is -1.95. The lowest BCUT2D eigenvalue weighted by molar-refractivity contribution is 0.673. The number of nitriles is 1. The summed E-state index contributed by atoms with van der Waals surface area (Å²) in [6, 6.07) is 43.9. The summed E-state index contributed by atoms with van der Waals surface area (Å²) in [7, 11) is 0. The zero-order valence-corrected chi connectivity index (χ0v) is 21.4. The van der Waals surface area contributed by atoms with Gasteiger partial charge in [-0.3, -0.25) is 4.98 Å². The van der Waals surface area contributed by atoms with Gasteiger partial charge in [0, 0.05) is 33.6 Å². The molecule has 0 saturated heterocycles. The van der Waals surface area contributed by atoms with Gasteiger partial charge in [-0.2, -0.15) is 5.26 Å². The van der Waals surface area contributed by atoms with E-state index in [4.69, 9.17) is 4.42 Å². The van der Waals surface area contributed by atoms with Crippen molar-refractivity contribution in [2.75, 3.05) is 0 Å². The summed E-state index contributed by atoms with van der Waals surface area (Å²) in [5.74, 6) is 0. The largest absolute Gasteiger partial charge is 0.455 e. The van der Waals surface area contributed by atoms with Gasteiger partial charge in [-0.25, -0.2) is 0 Å². The van der Waals surface area contributed by atoms with Crippen molar-refractivity contribution in [3.8, 4) is 34.1 Å². The van der Waals surface area contributed by atoms with Crippen molar-refractivity contribution < 1.29 is 4.42 Å². The van der Waals surface area contributed by atoms with Crippen LogP contribution in [0.4, 0.5) is 0 Å². The van der Waals surface area contributed by atoms with E-state index < -0.39 is 0 Å². The number of rotatable bonds is 3. The third kappa shape index (κ3) is 3.28. The van der Waals surface area contributed by atoms with E-state index in [-0.39, 0.29) is 0 Å². The van der Waals surface area contributed by atoms with E-state index in [1.54, 1.807) is 6.20 Å². The molecule has 40 heavy (non-hydrogen) atoms. The molecule has 5 aromatic carbocycles. The Morgan fingerprint density at radius 2 is 1.45 bits per heavy atom. The van der Waals surface area contributed by atoms with Crippen molar-refractivity contribution in [3.63, 3.8) is 0 Å². The quantitative estimate of drug-likeness (QED) is 0.237. The summed E-state index contributed by atoms with van der Waals surface area (Å²) >= 11 is 0. The molecule has 4 nitrogen and oxygen atoms in total. The van der Waals surface area contributed by atoms with Crippen molar-refractivity contribution >= 4 is 43.7 Å². The third-order valence-corrected chi connectivity index (χ3v) is 7.69. The third-order valence-electron chi connectivity index (χ3n) is 7.69. The highest BCUT2D eigenvalue weighted by molar-refractivity contribution is 6.23. The molecule has 4 heteroatoms. The first-order valence-electron chi connectivity index (χ1n) is 13.2. The van der Waals surface area contributed by atoms with E-state index in [1.165, 1.54) is 0 Å².